The van der Waals surface area contributed by atoms with E-state index in [2.05, 4.69) is 6.58 Å². The lowest BCUT2D eigenvalue weighted by Gasteiger charge is -2.05. The molecule has 0 saturated heterocycles. The molecule has 0 bridgehead atoms. The van der Waals surface area contributed by atoms with Gasteiger partial charge < -0.3 is 9.15 Å². The van der Waals surface area contributed by atoms with Crippen LogP contribution in [0.3, 0.4) is 0 Å². The van der Waals surface area contributed by atoms with Crippen LogP contribution in [0, 0.1) is 4.84 Å². The maximum Gasteiger partial charge on any atom is 0.334 e. The molecule has 1 aromatic carbocycles. The number of fused-ring (bicyclic) bond motifs is 1. The Morgan fingerprint density at radius 3 is 2.94 bits per heavy atom. The predicted molar refractivity (Wildman–Crippen MR) is 65.9 cm³/mol. The molecule has 0 aliphatic rings. The number of carbonyl (C=O) groups is 1. The van der Waals surface area contributed by atoms with Crippen LogP contribution in [0.1, 0.15) is 6.92 Å². The molecule has 0 atom stereocenters. The molecule has 0 radical (unpaired) electrons. The summed E-state index contributed by atoms with van der Waals surface area (Å²) in [5.41, 5.74) is 1.82. The summed E-state index contributed by atoms with van der Waals surface area (Å²) >= 11 is 5.05. The molecular formula is C12H11NO3S. The molecule has 0 saturated carbocycles. The Morgan fingerprint density at radius 1 is 1.53 bits per heavy atom. The summed E-state index contributed by atoms with van der Waals surface area (Å²) in [4.78, 5) is 11.6. The lowest BCUT2D eigenvalue weighted by molar-refractivity contribution is -0.142. The Kier molecular flexibility index (Phi) is 3.10. The smallest absolute Gasteiger partial charge is 0.334 e. The highest BCUT2D eigenvalue weighted by Crippen LogP contribution is 2.17. The van der Waals surface area contributed by atoms with Crippen LogP contribution in [0.25, 0.3) is 11.1 Å². The molecule has 0 aliphatic heterocycles. The highest BCUT2D eigenvalue weighted by molar-refractivity contribution is 7.71. The van der Waals surface area contributed by atoms with E-state index >= 15 is 0 Å². The van der Waals surface area contributed by atoms with Crippen LogP contribution in [0.5, 0.6) is 0 Å². The molecule has 5 heteroatoms. The van der Waals surface area contributed by atoms with Gasteiger partial charge in [-0.1, -0.05) is 18.7 Å². The quantitative estimate of drug-likeness (QED) is 0.476. The van der Waals surface area contributed by atoms with E-state index in [0.717, 1.165) is 5.52 Å². The first kappa shape index (κ1) is 11.6. The summed E-state index contributed by atoms with van der Waals surface area (Å²) < 4.78 is 12.0. The van der Waals surface area contributed by atoms with Crippen LogP contribution in [-0.4, -0.2) is 10.5 Å². The fourth-order valence-electron chi connectivity index (χ4n) is 1.38. The van der Waals surface area contributed by atoms with Gasteiger partial charge in [0.1, 0.15) is 0 Å². The summed E-state index contributed by atoms with van der Waals surface area (Å²) in [6.45, 7) is 5.13. The van der Waals surface area contributed by atoms with Gasteiger partial charge in [0.05, 0.1) is 5.52 Å². The third-order valence-electron chi connectivity index (χ3n) is 2.25. The second kappa shape index (κ2) is 4.55. The van der Waals surface area contributed by atoms with Crippen LogP contribution in [0.15, 0.2) is 40.8 Å². The van der Waals surface area contributed by atoms with E-state index in [1.807, 2.05) is 24.3 Å². The average molecular weight is 249 g/mol. The number of carbonyl (C=O) groups excluding carboxylic acids is 1. The molecule has 4 nitrogen and oxygen atoms in total. The number of oxazole rings is 1. The Bertz CT molecular complexity index is 638. The number of nitrogens with zero attached hydrogens (tertiary/aromatic N) is 1. The Morgan fingerprint density at radius 2 is 2.24 bits per heavy atom. The van der Waals surface area contributed by atoms with Crippen LogP contribution in [-0.2, 0) is 16.3 Å². The van der Waals surface area contributed by atoms with Crippen molar-refractivity contribution in [3.05, 3.63) is 41.3 Å². The zero-order valence-electron chi connectivity index (χ0n) is 9.30. The Balaban J connectivity index is 2.30. The normalized spacial score (nSPS) is 10.4. The zero-order valence-corrected chi connectivity index (χ0v) is 10.1. The molecule has 17 heavy (non-hydrogen) atoms. The monoisotopic (exact) mass is 249 g/mol. The van der Waals surface area contributed by atoms with Gasteiger partial charge in [-0.2, -0.15) is 0 Å². The number of hydrogen-bond acceptors (Lipinski definition) is 4. The van der Waals surface area contributed by atoms with Crippen molar-refractivity contribution in [3.63, 3.8) is 0 Å². The molecule has 0 aliphatic carbocycles. The second-order valence-corrected chi connectivity index (χ2v) is 3.95. The molecule has 0 amide bonds. The van der Waals surface area contributed by atoms with Gasteiger partial charge in [-0.3, -0.25) is 4.57 Å². The fraction of sp³-hybridized carbons (Fsp3) is 0.167. The highest BCUT2D eigenvalue weighted by atomic mass is 32.1. The van der Waals surface area contributed by atoms with Gasteiger partial charge in [0.15, 0.2) is 12.3 Å². The summed E-state index contributed by atoms with van der Waals surface area (Å²) in [5.74, 6) is -0.447. The highest BCUT2D eigenvalue weighted by Gasteiger charge is 2.08. The van der Waals surface area contributed by atoms with E-state index in [1.165, 1.54) is 0 Å². The molecule has 2 rings (SSSR count). The first-order valence-electron chi connectivity index (χ1n) is 5.00. The SMILES string of the molecule is C=C(C)C(=O)OCn1c(=S)oc2ccccc21. The van der Waals surface area contributed by atoms with E-state index < -0.39 is 5.97 Å². The van der Waals surface area contributed by atoms with Crippen molar-refractivity contribution in [3.8, 4) is 0 Å². The third-order valence-corrected chi connectivity index (χ3v) is 2.55. The van der Waals surface area contributed by atoms with Gasteiger partial charge in [0, 0.05) is 5.57 Å². The number of rotatable bonds is 3. The molecule has 0 spiro atoms. The number of benzene rings is 1. The third kappa shape index (κ3) is 2.29. The topological polar surface area (TPSA) is 44.4 Å². The zero-order chi connectivity index (χ0) is 12.4. The summed E-state index contributed by atoms with van der Waals surface area (Å²) in [7, 11) is 0. The van der Waals surface area contributed by atoms with Crippen LogP contribution >= 0.6 is 12.2 Å². The minimum absolute atomic E-state index is 0.0293. The van der Waals surface area contributed by atoms with Crippen molar-refractivity contribution in [2.24, 2.45) is 0 Å². The summed E-state index contributed by atoms with van der Waals surface area (Å²) in [6, 6.07) is 7.37. The molecule has 2 aromatic rings. The van der Waals surface area contributed by atoms with Crippen molar-refractivity contribution >= 4 is 29.3 Å². The molecular weight excluding hydrogens is 238 g/mol. The van der Waals surface area contributed by atoms with Crippen molar-refractivity contribution in [1.29, 1.82) is 0 Å². The van der Waals surface area contributed by atoms with Crippen LogP contribution < -0.4 is 0 Å². The van der Waals surface area contributed by atoms with Crippen molar-refractivity contribution in [2.75, 3.05) is 0 Å². The van der Waals surface area contributed by atoms with Gasteiger partial charge >= 0.3 is 5.97 Å². The minimum Gasteiger partial charge on any atom is -0.440 e. The predicted octanol–water partition coefficient (Wildman–Crippen LogP) is 3.04. The van der Waals surface area contributed by atoms with E-state index in [4.69, 9.17) is 21.4 Å². The first-order valence-corrected chi connectivity index (χ1v) is 5.41. The van der Waals surface area contributed by atoms with Gasteiger partial charge in [0.2, 0.25) is 0 Å². The first-order chi connectivity index (χ1) is 8.09. The van der Waals surface area contributed by atoms with Crippen molar-refractivity contribution in [2.45, 2.75) is 13.7 Å². The molecule has 0 N–H and O–H groups in total. The van der Waals surface area contributed by atoms with E-state index in [1.54, 1.807) is 11.5 Å². The van der Waals surface area contributed by atoms with Crippen LogP contribution in [0.4, 0.5) is 0 Å². The van der Waals surface area contributed by atoms with Gasteiger partial charge in [-0.05, 0) is 31.3 Å². The van der Waals surface area contributed by atoms with E-state index in [9.17, 15) is 4.79 Å². The molecule has 1 heterocycles. The number of ether oxygens (including phenoxy) is 1. The van der Waals surface area contributed by atoms with Gasteiger partial charge in [-0.25, -0.2) is 4.79 Å². The van der Waals surface area contributed by atoms with E-state index in [0.29, 0.717) is 11.2 Å². The van der Waals surface area contributed by atoms with E-state index in [-0.39, 0.29) is 11.6 Å². The van der Waals surface area contributed by atoms with Crippen molar-refractivity contribution < 1.29 is 13.9 Å². The fourth-order valence-corrected chi connectivity index (χ4v) is 1.62. The van der Waals surface area contributed by atoms with Gasteiger partial charge in [0.25, 0.3) is 4.84 Å². The molecule has 88 valence electrons. The number of esters is 1. The lowest BCUT2D eigenvalue weighted by atomic mass is 10.3. The Labute approximate surface area is 103 Å². The molecule has 0 unspecified atom stereocenters. The maximum atomic E-state index is 11.3. The molecule has 0 fully saturated rings. The van der Waals surface area contributed by atoms with Gasteiger partial charge in [-0.15, -0.1) is 0 Å². The lowest BCUT2D eigenvalue weighted by Crippen LogP contribution is -2.09. The molecule has 1 aromatic heterocycles. The summed E-state index contributed by atoms with van der Waals surface area (Å²) in [6.07, 6.45) is 0. The standard InChI is InChI=1S/C12H11NO3S/c1-8(2)11(14)15-7-13-9-5-3-4-6-10(9)16-12(13)17/h3-6H,1,7H2,2H3. The number of hydrogen-bond donors (Lipinski definition) is 0. The average Bonchev–Trinajstić information content (AvgIpc) is 2.61. The number of para-hydroxylation sites is 2. The number of aromatic nitrogens is 1. The Hall–Kier alpha value is -1.88. The summed E-state index contributed by atoms with van der Waals surface area (Å²) in [5, 5.41) is 0. The second-order valence-electron chi connectivity index (χ2n) is 3.60. The minimum atomic E-state index is -0.447. The largest absolute Gasteiger partial charge is 0.440 e. The maximum absolute atomic E-state index is 11.3. The van der Waals surface area contributed by atoms with Crippen LogP contribution in [0.2, 0.25) is 0 Å². The van der Waals surface area contributed by atoms with Crippen molar-refractivity contribution in [1.82, 2.24) is 4.57 Å².